The highest BCUT2D eigenvalue weighted by Gasteiger charge is 2.16. The van der Waals surface area contributed by atoms with Gasteiger partial charge in [0.1, 0.15) is 18.2 Å². The van der Waals surface area contributed by atoms with Crippen molar-refractivity contribution in [3.05, 3.63) is 107 Å². The zero-order chi connectivity index (χ0) is 25.8. The minimum absolute atomic E-state index is 0.166. The van der Waals surface area contributed by atoms with E-state index in [4.69, 9.17) is 9.47 Å². The van der Waals surface area contributed by atoms with Gasteiger partial charge in [0.25, 0.3) is 0 Å². The molecule has 0 saturated carbocycles. The molecule has 1 N–H and O–H groups in total. The van der Waals surface area contributed by atoms with Gasteiger partial charge in [0, 0.05) is 32.3 Å². The van der Waals surface area contributed by atoms with E-state index < -0.39 is 11.8 Å². The monoisotopic (exact) mass is 500 g/mol. The van der Waals surface area contributed by atoms with Gasteiger partial charge in [0.15, 0.2) is 0 Å². The number of nitrogens with zero attached hydrogens (tertiary/aromatic N) is 4. The second kappa shape index (κ2) is 10.6. The number of carboxylic acids is 1. The molecule has 5 rings (SSSR count). The predicted molar refractivity (Wildman–Crippen MR) is 136 cm³/mol. The summed E-state index contributed by atoms with van der Waals surface area (Å²) < 4.78 is 29.6. The molecule has 2 aromatic heterocycles. The lowest BCUT2D eigenvalue weighted by molar-refractivity contribution is 0.0697. The van der Waals surface area contributed by atoms with Gasteiger partial charge in [-0.25, -0.2) is 18.9 Å². The SMILES string of the molecule is COCCn1c(Cc2ccc(-n3ccc(OCc4ccccc4)n3)cc2F)nc2ccc(C(=O)O)cc21. The van der Waals surface area contributed by atoms with Crippen molar-refractivity contribution >= 4 is 17.0 Å². The fourth-order valence-corrected chi connectivity index (χ4v) is 4.12. The summed E-state index contributed by atoms with van der Waals surface area (Å²) >= 11 is 0. The molecule has 3 aromatic carbocycles. The van der Waals surface area contributed by atoms with Gasteiger partial charge in [-0.05, 0) is 41.5 Å². The van der Waals surface area contributed by atoms with Crippen molar-refractivity contribution in [2.24, 2.45) is 0 Å². The lowest BCUT2D eigenvalue weighted by Gasteiger charge is -2.10. The van der Waals surface area contributed by atoms with Crippen molar-refractivity contribution in [3.63, 3.8) is 0 Å². The smallest absolute Gasteiger partial charge is 0.335 e. The van der Waals surface area contributed by atoms with Crippen LogP contribution in [-0.2, 0) is 24.3 Å². The van der Waals surface area contributed by atoms with Gasteiger partial charge in [-0.1, -0.05) is 36.4 Å². The second-order valence-corrected chi connectivity index (χ2v) is 8.51. The summed E-state index contributed by atoms with van der Waals surface area (Å²) in [5, 5.41) is 13.8. The van der Waals surface area contributed by atoms with E-state index in [9.17, 15) is 9.90 Å². The first-order valence-corrected chi connectivity index (χ1v) is 11.7. The molecule has 2 heterocycles. The average Bonchev–Trinajstić information content (AvgIpc) is 3.52. The molecule has 0 unspecified atom stereocenters. The van der Waals surface area contributed by atoms with E-state index in [2.05, 4.69) is 10.1 Å². The number of rotatable bonds is 10. The minimum atomic E-state index is -1.02. The van der Waals surface area contributed by atoms with Crippen LogP contribution in [0.3, 0.4) is 0 Å². The van der Waals surface area contributed by atoms with E-state index in [1.165, 1.54) is 12.1 Å². The van der Waals surface area contributed by atoms with E-state index in [1.54, 1.807) is 48.3 Å². The van der Waals surface area contributed by atoms with Gasteiger partial charge in [-0.2, -0.15) is 0 Å². The zero-order valence-electron chi connectivity index (χ0n) is 20.2. The standard InChI is InChI=1S/C28H25FN4O4/c1-36-14-13-32-25-15-21(28(34)35)8-10-24(25)30-26(32)16-20-7-9-22(17-23(20)29)33-12-11-27(31-33)37-18-19-5-3-2-4-6-19/h2-12,15,17H,13-14,16,18H2,1H3,(H,34,35). The summed E-state index contributed by atoms with van der Waals surface area (Å²) in [6.45, 7) is 1.26. The van der Waals surface area contributed by atoms with E-state index >= 15 is 4.39 Å². The highest BCUT2D eigenvalue weighted by Crippen LogP contribution is 2.23. The molecule has 8 nitrogen and oxygen atoms in total. The fraction of sp³-hybridized carbons (Fsp3) is 0.179. The maximum absolute atomic E-state index is 15.2. The van der Waals surface area contributed by atoms with Crippen LogP contribution in [0.1, 0.15) is 27.3 Å². The Bertz CT molecular complexity index is 1540. The Balaban J connectivity index is 1.36. The zero-order valence-corrected chi connectivity index (χ0v) is 20.2. The molecule has 37 heavy (non-hydrogen) atoms. The molecular formula is C28H25FN4O4. The van der Waals surface area contributed by atoms with Crippen LogP contribution in [0.4, 0.5) is 4.39 Å². The first-order chi connectivity index (χ1) is 18.0. The lowest BCUT2D eigenvalue weighted by atomic mass is 10.1. The molecule has 0 spiro atoms. The summed E-state index contributed by atoms with van der Waals surface area (Å²) in [6.07, 6.45) is 1.95. The minimum Gasteiger partial charge on any atom is -0.478 e. The van der Waals surface area contributed by atoms with Crippen LogP contribution >= 0.6 is 0 Å². The summed E-state index contributed by atoms with van der Waals surface area (Å²) in [7, 11) is 1.59. The number of carboxylic acid groups (broad SMARTS) is 1. The third-order valence-electron chi connectivity index (χ3n) is 6.04. The van der Waals surface area contributed by atoms with Crippen LogP contribution in [-0.4, -0.2) is 44.1 Å². The Labute approximate surface area is 212 Å². The first kappa shape index (κ1) is 24.2. The molecule has 0 saturated heterocycles. The van der Waals surface area contributed by atoms with Crippen LogP contribution in [0.15, 0.2) is 79.0 Å². The molecule has 5 aromatic rings. The number of aromatic carboxylic acids is 1. The van der Waals surface area contributed by atoms with E-state index in [0.717, 1.165) is 5.56 Å². The van der Waals surface area contributed by atoms with Crippen LogP contribution in [0, 0.1) is 5.82 Å². The second-order valence-electron chi connectivity index (χ2n) is 8.51. The van der Waals surface area contributed by atoms with Gasteiger partial charge in [0.2, 0.25) is 5.88 Å². The van der Waals surface area contributed by atoms with Gasteiger partial charge in [-0.3, -0.25) is 0 Å². The Hall–Kier alpha value is -4.50. The number of fused-ring (bicyclic) bond motifs is 1. The molecule has 0 aliphatic rings. The molecule has 0 fully saturated rings. The van der Waals surface area contributed by atoms with Crippen molar-refractivity contribution in [2.45, 2.75) is 19.6 Å². The number of imidazole rings is 1. The summed E-state index contributed by atoms with van der Waals surface area (Å²) in [5.41, 5.74) is 3.54. The van der Waals surface area contributed by atoms with Crippen LogP contribution in [0.5, 0.6) is 5.88 Å². The van der Waals surface area contributed by atoms with E-state index in [0.29, 0.717) is 53.7 Å². The molecule has 0 bridgehead atoms. The highest BCUT2D eigenvalue weighted by molar-refractivity contribution is 5.92. The molecule has 0 aliphatic carbocycles. The Kier molecular flexibility index (Phi) is 6.96. The first-order valence-electron chi connectivity index (χ1n) is 11.7. The van der Waals surface area contributed by atoms with Crippen LogP contribution < -0.4 is 4.74 Å². The summed E-state index contributed by atoms with van der Waals surface area (Å²) in [4.78, 5) is 16.1. The number of aromatic nitrogens is 4. The molecule has 9 heteroatoms. The fourth-order valence-electron chi connectivity index (χ4n) is 4.12. The number of halogens is 1. The highest BCUT2D eigenvalue weighted by atomic mass is 19.1. The predicted octanol–water partition coefficient (Wildman–Crippen LogP) is 4.88. The van der Waals surface area contributed by atoms with E-state index in [1.807, 2.05) is 34.9 Å². The normalized spacial score (nSPS) is 11.2. The average molecular weight is 501 g/mol. The number of carbonyl (C=O) groups is 1. The van der Waals surface area contributed by atoms with Crippen LogP contribution in [0.2, 0.25) is 0 Å². The third kappa shape index (κ3) is 5.36. The molecule has 0 amide bonds. The molecule has 188 valence electrons. The van der Waals surface area contributed by atoms with Crippen molar-refractivity contribution in [1.82, 2.24) is 19.3 Å². The van der Waals surface area contributed by atoms with Gasteiger partial charge in [-0.15, -0.1) is 5.10 Å². The number of benzene rings is 3. The maximum atomic E-state index is 15.2. The third-order valence-corrected chi connectivity index (χ3v) is 6.04. The number of hydrogen-bond donors (Lipinski definition) is 1. The van der Waals surface area contributed by atoms with Gasteiger partial charge < -0.3 is 19.1 Å². The largest absolute Gasteiger partial charge is 0.478 e. The van der Waals surface area contributed by atoms with Gasteiger partial charge >= 0.3 is 5.97 Å². The molecule has 0 atom stereocenters. The summed E-state index contributed by atoms with van der Waals surface area (Å²) in [6, 6.07) is 21.2. The van der Waals surface area contributed by atoms with Crippen molar-refractivity contribution < 1.29 is 23.8 Å². The maximum Gasteiger partial charge on any atom is 0.335 e. The van der Waals surface area contributed by atoms with E-state index in [-0.39, 0.29) is 12.0 Å². The number of ether oxygens (including phenoxy) is 2. The van der Waals surface area contributed by atoms with Crippen molar-refractivity contribution in [2.75, 3.05) is 13.7 Å². The number of hydrogen-bond acceptors (Lipinski definition) is 5. The Morgan fingerprint density at radius 3 is 2.65 bits per heavy atom. The summed E-state index contributed by atoms with van der Waals surface area (Å²) in [5.74, 6) is -0.342. The molecular weight excluding hydrogens is 475 g/mol. The lowest BCUT2D eigenvalue weighted by Crippen LogP contribution is -2.10. The van der Waals surface area contributed by atoms with Crippen molar-refractivity contribution in [3.8, 4) is 11.6 Å². The molecule has 0 aliphatic heterocycles. The molecule has 0 radical (unpaired) electrons. The topological polar surface area (TPSA) is 91.4 Å². The van der Waals surface area contributed by atoms with Crippen molar-refractivity contribution in [1.29, 1.82) is 0 Å². The Morgan fingerprint density at radius 1 is 1.05 bits per heavy atom. The van der Waals surface area contributed by atoms with Gasteiger partial charge in [0.05, 0.1) is 28.9 Å². The number of methoxy groups -OCH3 is 1. The quantitative estimate of drug-likeness (QED) is 0.294. The van der Waals surface area contributed by atoms with Crippen LogP contribution in [0.25, 0.3) is 16.7 Å². The Morgan fingerprint density at radius 2 is 1.89 bits per heavy atom.